The highest BCUT2D eigenvalue weighted by molar-refractivity contribution is 6.31. The summed E-state index contributed by atoms with van der Waals surface area (Å²) in [6.45, 7) is 6.49. The van der Waals surface area contributed by atoms with Crippen molar-refractivity contribution in [1.29, 1.82) is 0 Å². The minimum Gasteiger partial charge on any atom is -0.491 e. The smallest absolute Gasteiger partial charge is 0.119 e. The predicted molar refractivity (Wildman–Crippen MR) is 79.4 cm³/mol. The molecule has 0 saturated carbocycles. The average molecular weight is 295 g/mol. The Morgan fingerprint density at radius 2 is 1.90 bits per heavy atom. The Morgan fingerprint density at radius 3 is 2.45 bits per heavy atom. The van der Waals surface area contributed by atoms with Gasteiger partial charge in [-0.1, -0.05) is 17.7 Å². The van der Waals surface area contributed by atoms with E-state index >= 15 is 0 Å². The van der Waals surface area contributed by atoms with Crippen molar-refractivity contribution < 1.29 is 9.84 Å². The van der Waals surface area contributed by atoms with Crippen molar-refractivity contribution in [3.05, 3.63) is 46.2 Å². The van der Waals surface area contributed by atoms with Crippen LogP contribution in [0.1, 0.15) is 16.8 Å². The zero-order chi connectivity index (χ0) is 14.7. The molecule has 0 saturated heterocycles. The zero-order valence-corrected chi connectivity index (χ0v) is 12.7. The number of hydrogen-bond acceptors (Lipinski definition) is 3. The van der Waals surface area contributed by atoms with E-state index in [1.54, 1.807) is 10.9 Å². The van der Waals surface area contributed by atoms with E-state index in [0.717, 1.165) is 22.6 Å². The quantitative estimate of drug-likeness (QED) is 0.922. The number of ether oxygens (including phenoxy) is 1. The van der Waals surface area contributed by atoms with Crippen LogP contribution in [-0.2, 0) is 6.54 Å². The van der Waals surface area contributed by atoms with Crippen molar-refractivity contribution in [2.45, 2.75) is 33.4 Å². The molecule has 1 atom stereocenters. The Balaban J connectivity index is 1.92. The highest BCUT2D eigenvalue weighted by Crippen LogP contribution is 2.17. The average Bonchev–Trinajstić information content (AvgIpc) is 2.67. The molecule has 4 nitrogen and oxygen atoms in total. The van der Waals surface area contributed by atoms with Crippen LogP contribution in [0, 0.1) is 20.8 Å². The summed E-state index contributed by atoms with van der Waals surface area (Å²) in [6, 6.07) is 5.99. The number of halogens is 1. The number of rotatable bonds is 5. The first-order valence-electron chi connectivity index (χ1n) is 6.53. The van der Waals surface area contributed by atoms with Crippen LogP contribution >= 0.6 is 11.6 Å². The maximum atomic E-state index is 10.0. The highest BCUT2D eigenvalue weighted by Gasteiger charge is 2.11. The van der Waals surface area contributed by atoms with Crippen LogP contribution in [0.5, 0.6) is 5.75 Å². The van der Waals surface area contributed by atoms with Crippen molar-refractivity contribution in [2.24, 2.45) is 0 Å². The van der Waals surface area contributed by atoms with Crippen LogP contribution in [-0.4, -0.2) is 27.6 Å². The molecule has 0 fully saturated rings. The minimum atomic E-state index is -0.634. The number of benzene rings is 1. The topological polar surface area (TPSA) is 47.3 Å². The molecule has 0 radical (unpaired) electrons. The summed E-state index contributed by atoms with van der Waals surface area (Å²) in [5.41, 5.74) is 3.13. The Kier molecular flexibility index (Phi) is 4.68. The van der Waals surface area contributed by atoms with Crippen molar-refractivity contribution in [2.75, 3.05) is 6.61 Å². The summed E-state index contributed by atoms with van der Waals surface area (Å²) >= 11 is 5.92. The van der Waals surface area contributed by atoms with Crippen LogP contribution < -0.4 is 4.74 Å². The molecule has 0 aliphatic rings. The molecule has 2 aromatic rings. The number of aryl methyl sites for hydroxylation is 2. The van der Waals surface area contributed by atoms with E-state index in [-0.39, 0.29) is 6.61 Å². The third-order valence-corrected chi connectivity index (χ3v) is 3.44. The lowest BCUT2D eigenvalue weighted by molar-refractivity contribution is 0.0887. The van der Waals surface area contributed by atoms with Gasteiger partial charge in [-0.2, -0.15) is 5.10 Å². The van der Waals surface area contributed by atoms with Gasteiger partial charge >= 0.3 is 0 Å². The van der Waals surface area contributed by atoms with Crippen LogP contribution in [0.2, 0.25) is 5.02 Å². The number of hydrogen-bond donors (Lipinski definition) is 1. The van der Waals surface area contributed by atoms with Gasteiger partial charge in [0.25, 0.3) is 0 Å². The van der Waals surface area contributed by atoms with E-state index in [1.807, 2.05) is 32.9 Å². The summed E-state index contributed by atoms with van der Waals surface area (Å²) in [7, 11) is 0. The molecule has 1 aromatic carbocycles. The molecule has 1 N–H and O–H groups in total. The van der Waals surface area contributed by atoms with Crippen LogP contribution in [0.15, 0.2) is 24.4 Å². The molecule has 108 valence electrons. The van der Waals surface area contributed by atoms with E-state index in [0.29, 0.717) is 11.6 Å². The number of aromatic nitrogens is 2. The molecule has 0 aliphatic carbocycles. The molecule has 0 spiro atoms. The largest absolute Gasteiger partial charge is 0.491 e. The first kappa shape index (κ1) is 14.9. The molecule has 1 aromatic heterocycles. The maximum absolute atomic E-state index is 10.0. The maximum Gasteiger partial charge on any atom is 0.119 e. The second-order valence-corrected chi connectivity index (χ2v) is 5.46. The van der Waals surface area contributed by atoms with Gasteiger partial charge in [-0.05, 0) is 44.0 Å². The predicted octanol–water partition coefficient (Wildman–Crippen LogP) is 2.90. The van der Waals surface area contributed by atoms with E-state index < -0.39 is 6.10 Å². The van der Waals surface area contributed by atoms with Gasteiger partial charge < -0.3 is 9.84 Å². The molecular formula is C15H19ClN2O2. The lowest BCUT2D eigenvalue weighted by Crippen LogP contribution is -2.24. The summed E-state index contributed by atoms with van der Waals surface area (Å²) in [5.74, 6) is 0.775. The van der Waals surface area contributed by atoms with Gasteiger partial charge in [-0.3, -0.25) is 4.68 Å². The third-order valence-electron chi connectivity index (χ3n) is 3.06. The van der Waals surface area contributed by atoms with Gasteiger partial charge in [-0.15, -0.1) is 0 Å². The molecule has 0 bridgehead atoms. The Morgan fingerprint density at radius 1 is 1.25 bits per heavy atom. The number of aliphatic hydroxyl groups excluding tert-OH is 1. The third kappa shape index (κ3) is 3.74. The first-order chi connectivity index (χ1) is 9.45. The standard InChI is InChI=1S/C15H19ClN2O2/c1-10-4-11(2)6-14(5-10)20-9-13(19)8-18-12(3)15(16)7-17-18/h4-7,13,19H,8-9H2,1-3H3. The summed E-state index contributed by atoms with van der Waals surface area (Å²) < 4.78 is 7.30. The second-order valence-electron chi connectivity index (χ2n) is 5.05. The summed E-state index contributed by atoms with van der Waals surface area (Å²) in [4.78, 5) is 0. The van der Waals surface area contributed by atoms with Gasteiger partial charge in [0.1, 0.15) is 18.5 Å². The molecular weight excluding hydrogens is 276 g/mol. The molecule has 1 heterocycles. The van der Waals surface area contributed by atoms with Crippen molar-refractivity contribution >= 4 is 11.6 Å². The fourth-order valence-corrected chi connectivity index (χ4v) is 2.21. The summed E-state index contributed by atoms with van der Waals surface area (Å²) in [5, 5.41) is 14.7. The van der Waals surface area contributed by atoms with E-state index in [9.17, 15) is 5.11 Å². The van der Waals surface area contributed by atoms with E-state index in [4.69, 9.17) is 16.3 Å². The Labute approximate surface area is 123 Å². The summed E-state index contributed by atoms with van der Waals surface area (Å²) in [6.07, 6.45) is 0.944. The fourth-order valence-electron chi connectivity index (χ4n) is 2.07. The molecule has 0 aliphatic heterocycles. The SMILES string of the molecule is Cc1cc(C)cc(OCC(O)Cn2ncc(Cl)c2C)c1. The molecule has 1 unspecified atom stereocenters. The first-order valence-corrected chi connectivity index (χ1v) is 6.90. The van der Waals surface area contributed by atoms with Gasteiger partial charge in [-0.25, -0.2) is 0 Å². The van der Waals surface area contributed by atoms with Gasteiger partial charge in [0, 0.05) is 0 Å². The van der Waals surface area contributed by atoms with Gasteiger partial charge in [0.05, 0.1) is 23.5 Å². The van der Waals surface area contributed by atoms with Crippen molar-refractivity contribution in [1.82, 2.24) is 9.78 Å². The van der Waals surface area contributed by atoms with Crippen LogP contribution in [0.3, 0.4) is 0 Å². The zero-order valence-electron chi connectivity index (χ0n) is 11.9. The van der Waals surface area contributed by atoms with Crippen molar-refractivity contribution in [3.8, 4) is 5.75 Å². The van der Waals surface area contributed by atoms with Crippen LogP contribution in [0.4, 0.5) is 0 Å². The molecule has 5 heteroatoms. The minimum absolute atomic E-state index is 0.222. The Bertz CT molecular complexity index is 575. The molecule has 2 rings (SSSR count). The lowest BCUT2D eigenvalue weighted by atomic mass is 10.1. The lowest BCUT2D eigenvalue weighted by Gasteiger charge is -2.14. The number of nitrogens with zero attached hydrogens (tertiary/aromatic N) is 2. The fraction of sp³-hybridized carbons (Fsp3) is 0.400. The van der Waals surface area contributed by atoms with E-state index in [2.05, 4.69) is 11.2 Å². The molecule has 20 heavy (non-hydrogen) atoms. The van der Waals surface area contributed by atoms with Gasteiger partial charge in [0.2, 0.25) is 0 Å². The van der Waals surface area contributed by atoms with E-state index in [1.165, 1.54) is 0 Å². The van der Waals surface area contributed by atoms with Gasteiger partial charge in [0.15, 0.2) is 0 Å². The van der Waals surface area contributed by atoms with Crippen LogP contribution in [0.25, 0.3) is 0 Å². The van der Waals surface area contributed by atoms with Crippen molar-refractivity contribution in [3.63, 3.8) is 0 Å². The highest BCUT2D eigenvalue weighted by atomic mass is 35.5. The molecule has 0 amide bonds. The Hall–Kier alpha value is -1.52. The number of aliphatic hydroxyl groups is 1. The normalized spacial score (nSPS) is 12.4. The monoisotopic (exact) mass is 294 g/mol. The second kappa shape index (κ2) is 6.29.